The molecule has 0 saturated heterocycles. The van der Waals surface area contributed by atoms with Gasteiger partial charge in [-0.1, -0.05) is 18.2 Å². The van der Waals surface area contributed by atoms with Crippen molar-refractivity contribution in [2.45, 2.75) is 6.92 Å². The third kappa shape index (κ3) is 3.73. The number of aromatic hydroxyl groups is 1. The number of rotatable bonds is 5. The summed E-state index contributed by atoms with van der Waals surface area (Å²) in [5, 5.41) is 12.2. The van der Waals surface area contributed by atoms with E-state index in [9.17, 15) is 9.90 Å². The Kier molecular flexibility index (Phi) is 5.41. The summed E-state index contributed by atoms with van der Waals surface area (Å²) in [4.78, 5) is 22.0. The van der Waals surface area contributed by atoms with E-state index < -0.39 is 0 Å². The highest BCUT2D eigenvalue weighted by molar-refractivity contribution is 6.02. The van der Waals surface area contributed by atoms with Crippen LogP contribution in [0.5, 0.6) is 17.4 Å². The van der Waals surface area contributed by atoms with Gasteiger partial charge in [-0.25, -0.2) is 14.5 Å². The van der Waals surface area contributed by atoms with Crippen molar-refractivity contribution in [3.8, 4) is 23.1 Å². The first-order valence-corrected chi connectivity index (χ1v) is 9.59. The van der Waals surface area contributed by atoms with E-state index in [1.54, 1.807) is 48.7 Å². The number of fused-ring (bicyclic) bond motifs is 1. The maximum atomic E-state index is 13.3. The largest absolute Gasteiger partial charge is 0.497 e. The average Bonchev–Trinajstić information content (AvgIpc) is 2.79. The maximum absolute atomic E-state index is 13.3. The molecule has 156 valence electrons. The molecule has 0 aliphatic rings. The molecule has 0 amide bonds. The molecule has 7 nitrogen and oxygen atoms in total. The summed E-state index contributed by atoms with van der Waals surface area (Å²) in [5.74, 6) is 1.18. The fraction of sp³-hybridized carbons (Fsp3) is 0.125. The van der Waals surface area contributed by atoms with Gasteiger partial charge in [0.05, 0.1) is 25.5 Å². The lowest BCUT2D eigenvalue weighted by atomic mass is 10.1. The molecular weight excluding hydrogens is 394 g/mol. The maximum Gasteiger partial charge on any atom is 0.265 e. The number of aromatic nitrogens is 2. The number of pyridine rings is 2. The molecular formula is C24H21N3O4. The molecule has 0 radical (unpaired) electrons. The van der Waals surface area contributed by atoms with Crippen LogP contribution < -0.4 is 15.0 Å². The number of ether oxygens (including phenoxy) is 2. The van der Waals surface area contributed by atoms with E-state index >= 15 is 0 Å². The van der Waals surface area contributed by atoms with E-state index in [2.05, 4.69) is 9.98 Å². The summed E-state index contributed by atoms with van der Waals surface area (Å²) in [5.41, 5.74) is 1.38. The van der Waals surface area contributed by atoms with Crippen LogP contribution in [0.3, 0.4) is 0 Å². The van der Waals surface area contributed by atoms with E-state index in [-0.39, 0.29) is 11.4 Å². The standard InChI is InChI=1S/C24H21N3O4/c1-15-10-11-25-22(12-15)26-14-19-17-6-4-5-7-18(17)23(28)27(24(19)29)20-13-16(30-2)8-9-21(20)31-3/h4-14,29H,1-3H3. The molecule has 0 aliphatic heterocycles. The van der Waals surface area contributed by atoms with Gasteiger partial charge in [0.15, 0.2) is 5.82 Å². The van der Waals surface area contributed by atoms with Gasteiger partial charge in [0.2, 0.25) is 5.88 Å². The van der Waals surface area contributed by atoms with Crippen molar-refractivity contribution >= 4 is 22.8 Å². The second-order valence-corrected chi connectivity index (χ2v) is 6.91. The molecule has 0 aliphatic carbocycles. The summed E-state index contributed by atoms with van der Waals surface area (Å²) < 4.78 is 11.9. The van der Waals surface area contributed by atoms with Crippen LogP contribution in [0.2, 0.25) is 0 Å². The van der Waals surface area contributed by atoms with Crippen molar-refractivity contribution in [3.05, 3.63) is 82.3 Å². The second kappa shape index (κ2) is 8.31. The number of aliphatic imine (C=N–C) groups is 1. The van der Waals surface area contributed by atoms with Crippen LogP contribution in [0.25, 0.3) is 16.5 Å². The Bertz CT molecular complexity index is 1360. The lowest BCUT2D eigenvalue weighted by molar-refractivity contribution is 0.395. The van der Waals surface area contributed by atoms with E-state index in [4.69, 9.17) is 9.47 Å². The van der Waals surface area contributed by atoms with E-state index in [0.29, 0.717) is 39.3 Å². The predicted molar refractivity (Wildman–Crippen MR) is 121 cm³/mol. The summed E-state index contributed by atoms with van der Waals surface area (Å²) in [6.07, 6.45) is 3.18. The van der Waals surface area contributed by atoms with E-state index in [0.717, 1.165) is 5.56 Å². The SMILES string of the molecule is COc1ccc(OC)c(-n2c(O)c(C=Nc3cc(C)ccn3)c3ccccc3c2=O)c1. The first-order valence-electron chi connectivity index (χ1n) is 9.59. The molecule has 31 heavy (non-hydrogen) atoms. The van der Waals surface area contributed by atoms with Crippen molar-refractivity contribution < 1.29 is 14.6 Å². The van der Waals surface area contributed by atoms with Crippen LogP contribution in [0.15, 0.2) is 70.6 Å². The summed E-state index contributed by atoms with van der Waals surface area (Å²) >= 11 is 0. The minimum absolute atomic E-state index is 0.258. The minimum Gasteiger partial charge on any atom is -0.497 e. The van der Waals surface area contributed by atoms with Gasteiger partial charge in [-0.2, -0.15) is 0 Å². The number of methoxy groups -OCH3 is 2. The van der Waals surface area contributed by atoms with Crippen LogP contribution >= 0.6 is 0 Å². The summed E-state index contributed by atoms with van der Waals surface area (Å²) in [6, 6.07) is 15.8. The zero-order valence-electron chi connectivity index (χ0n) is 17.4. The van der Waals surface area contributed by atoms with Gasteiger partial charge in [0.25, 0.3) is 5.56 Å². The van der Waals surface area contributed by atoms with Crippen LogP contribution in [-0.2, 0) is 0 Å². The Hall–Kier alpha value is -4.13. The second-order valence-electron chi connectivity index (χ2n) is 6.91. The summed E-state index contributed by atoms with van der Waals surface area (Å²) in [6.45, 7) is 1.95. The Morgan fingerprint density at radius 2 is 1.81 bits per heavy atom. The topological polar surface area (TPSA) is 85.9 Å². The Morgan fingerprint density at radius 3 is 2.52 bits per heavy atom. The summed E-state index contributed by atoms with van der Waals surface area (Å²) in [7, 11) is 3.03. The van der Waals surface area contributed by atoms with Crippen molar-refractivity contribution in [1.82, 2.24) is 9.55 Å². The van der Waals surface area contributed by atoms with Crippen molar-refractivity contribution in [1.29, 1.82) is 0 Å². The third-order valence-electron chi connectivity index (χ3n) is 4.96. The monoisotopic (exact) mass is 415 g/mol. The molecule has 2 heterocycles. The quantitative estimate of drug-likeness (QED) is 0.495. The normalized spacial score (nSPS) is 11.2. The average molecular weight is 415 g/mol. The number of benzene rings is 2. The first-order chi connectivity index (χ1) is 15.0. The zero-order chi connectivity index (χ0) is 22.0. The van der Waals surface area contributed by atoms with Crippen LogP contribution in [0.1, 0.15) is 11.1 Å². The van der Waals surface area contributed by atoms with Gasteiger partial charge < -0.3 is 14.6 Å². The highest BCUT2D eigenvalue weighted by Gasteiger charge is 2.19. The number of aryl methyl sites for hydroxylation is 1. The molecule has 1 N–H and O–H groups in total. The van der Waals surface area contributed by atoms with E-state index in [1.807, 2.05) is 19.1 Å². The highest BCUT2D eigenvalue weighted by atomic mass is 16.5. The molecule has 7 heteroatoms. The number of nitrogens with zero attached hydrogens (tertiary/aromatic N) is 3. The molecule has 2 aromatic carbocycles. The molecule has 2 aromatic heterocycles. The van der Waals surface area contributed by atoms with Gasteiger partial charge in [-0.3, -0.25) is 4.79 Å². The molecule has 0 spiro atoms. The fourth-order valence-corrected chi connectivity index (χ4v) is 3.41. The van der Waals surface area contributed by atoms with Gasteiger partial charge in [-0.05, 0) is 42.8 Å². The lowest BCUT2D eigenvalue weighted by Crippen LogP contribution is -2.20. The third-order valence-corrected chi connectivity index (χ3v) is 4.96. The van der Waals surface area contributed by atoms with Crippen LogP contribution in [0, 0.1) is 6.92 Å². The number of hydrogen-bond acceptors (Lipinski definition) is 6. The molecule has 0 atom stereocenters. The van der Waals surface area contributed by atoms with E-state index in [1.165, 1.54) is 25.0 Å². The molecule has 0 fully saturated rings. The van der Waals surface area contributed by atoms with Gasteiger partial charge >= 0.3 is 0 Å². The molecule has 4 aromatic rings. The number of hydrogen-bond donors (Lipinski definition) is 1. The van der Waals surface area contributed by atoms with Crippen molar-refractivity contribution in [3.63, 3.8) is 0 Å². The molecule has 0 unspecified atom stereocenters. The highest BCUT2D eigenvalue weighted by Crippen LogP contribution is 2.32. The molecule has 0 saturated carbocycles. The minimum atomic E-state index is -0.384. The lowest BCUT2D eigenvalue weighted by Gasteiger charge is -2.17. The van der Waals surface area contributed by atoms with Crippen molar-refractivity contribution in [2.75, 3.05) is 14.2 Å². The van der Waals surface area contributed by atoms with Gasteiger partial charge in [-0.15, -0.1) is 0 Å². The zero-order valence-corrected chi connectivity index (χ0v) is 17.4. The van der Waals surface area contributed by atoms with Gasteiger partial charge in [0.1, 0.15) is 11.5 Å². The molecule has 0 bridgehead atoms. The first kappa shape index (κ1) is 20.2. The predicted octanol–water partition coefficient (Wildman–Crippen LogP) is 4.17. The smallest absolute Gasteiger partial charge is 0.265 e. The Balaban J connectivity index is 2.02. The van der Waals surface area contributed by atoms with Crippen molar-refractivity contribution in [2.24, 2.45) is 4.99 Å². The van der Waals surface area contributed by atoms with Crippen LogP contribution in [-0.4, -0.2) is 35.1 Å². The van der Waals surface area contributed by atoms with Gasteiger partial charge in [0, 0.05) is 29.3 Å². The van der Waals surface area contributed by atoms with Crippen LogP contribution in [0.4, 0.5) is 5.82 Å². The Labute approximate surface area is 178 Å². The Morgan fingerprint density at radius 1 is 1.03 bits per heavy atom. The fourth-order valence-electron chi connectivity index (χ4n) is 3.41. The molecule has 4 rings (SSSR count).